The van der Waals surface area contributed by atoms with Gasteiger partial charge >= 0.3 is 0 Å². The van der Waals surface area contributed by atoms with Crippen molar-refractivity contribution in [2.45, 2.75) is 19.9 Å². The van der Waals surface area contributed by atoms with E-state index < -0.39 is 0 Å². The normalized spacial score (nSPS) is 10.4. The third kappa shape index (κ3) is 4.20. The van der Waals surface area contributed by atoms with Crippen LogP contribution in [0.1, 0.15) is 16.7 Å². The lowest BCUT2D eigenvalue weighted by Crippen LogP contribution is -2.17. The molecule has 0 saturated carbocycles. The maximum Gasteiger partial charge on any atom is 0.160 e. The molecule has 1 aromatic heterocycles. The molecule has 0 aliphatic rings. The lowest BCUT2D eigenvalue weighted by Gasteiger charge is -2.10. The molecule has 21 heavy (non-hydrogen) atoms. The number of aromatic nitrogens is 1. The van der Waals surface area contributed by atoms with Gasteiger partial charge in [-0.05, 0) is 54.8 Å². The molecular formula is C17H22N2O2. The quantitative estimate of drug-likeness (QED) is 0.795. The number of methoxy groups -OCH3 is 2. The molecule has 0 atom stereocenters. The number of hydrogen-bond donors (Lipinski definition) is 1. The van der Waals surface area contributed by atoms with Crippen LogP contribution in [-0.2, 0) is 13.0 Å². The molecule has 0 aliphatic heterocycles. The van der Waals surface area contributed by atoms with Crippen molar-refractivity contribution in [3.05, 3.63) is 53.3 Å². The van der Waals surface area contributed by atoms with Crippen molar-refractivity contribution in [1.29, 1.82) is 0 Å². The Kier molecular flexibility index (Phi) is 5.58. The minimum Gasteiger partial charge on any atom is -0.493 e. The van der Waals surface area contributed by atoms with E-state index in [-0.39, 0.29) is 0 Å². The van der Waals surface area contributed by atoms with Crippen molar-refractivity contribution in [3.63, 3.8) is 0 Å². The molecule has 0 amide bonds. The van der Waals surface area contributed by atoms with Crippen molar-refractivity contribution in [3.8, 4) is 11.5 Å². The highest BCUT2D eigenvalue weighted by atomic mass is 16.5. The Morgan fingerprint density at radius 3 is 2.62 bits per heavy atom. The predicted molar refractivity (Wildman–Crippen MR) is 83.9 cm³/mol. The Morgan fingerprint density at radius 1 is 1.10 bits per heavy atom. The van der Waals surface area contributed by atoms with E-state index in [1.165, 1.54) is 16.7 Å². The van der Waals surface area contributed by atoms with Crippen LogP contribution in [0.4, 0.5) is 0 Å². The number of hydrogen-bond acceptors (Lipinski definition) is 4. The average Bonchev–Trinajstić information content (AvgIpc) is 2.52. The average molecular weight is 286 g/mol. The largest absolute Gasteiger partial charge is 0.493 e. The van der Waals surface area contributed by atoms with E-state index >= 15 is 0 Å². The Labute approximate surface area is 126 Å². The summed E-state index contributed by atoms with van der Waals surface area (Å²) in [6, 6.07) is 8.07. The fourth-order valence-corrected chi connectivity index (χ4v) is 2.17. The van der Waals surface area contributed by atoms with Crippen molar-refractivity contribution in [1.82, 2.24) is 10.3 Å². The van der Waals surface area contributed by atoms with Gasteiger partial charge in [0.1, 0.15) is 0 Å². The molecule has 0 radical (unpaired) electrons. The molecule has 1 aromatic carbocycles. The molecule has 0 unspecified atom stereocenters. The van der Waals surface area contributed by atoms with E-state index in [9.17, 15) is 0 Å². The van der Waals surface area contributed by atoms with Crippen LogP contribution in [-0.4, -0.2) is 25.7 Å². The number of pyridine rings is 1. The number of rotatable bonds is 7. The first-order chi connectivity index (χ1) is 10.2. The van der Waals surface area contributed by atoms with E-state index in [4.69, 9.17) is 9.47 Å². The zero-order valence-corrected chi connectivity index (χ0v) is 12.8. The first-order valence-electron chi connectivity index (χ1n) is 7.05. The van der Waals surface area contributed by atoms with Gasteiger partial charge in [0.05, 0.1) is 14.2 Å². The predicted octanol–water partition coefficient (Wildman–Crippen LogP) is 2.74. The molecule has 4 nitrogen and oxygen atoms in total. The summed E-state index contributed by atoms with van der Waals surface area (Å²) >= 11 is 0. The minimum atomic E-state index is 0.764. The van der Waals surface area contributed by atoms with Crippen LogP contribution in [0.2, 0.25) is 0 Å². The Bertz CT molecular complexity index is 585. The number of nitrogens with one attached hydrogen (secondary N) is 1. The fraction of sp³-hybridized carbons (Fsp3) is 0.353. The number of benzene rings is 1. The van der Waals surface area contributed by atoms with Gasteiger partial charge in [0.15, 0.2) is 11.5 Å². The molecule has 0 aliphatic carbocycles. The topological polar surface area (TPSA) is 43.4 Å². The van der Waals surface area contributed by atoms with E-state index in [1.807, 2.05) is 30.6 Å². The summed E-state index contributed by atoms with van der Waals surface area (Å²) in [6.45, 7) is 3.85. The van der Waals surface area contributed by atoms with Crippen LogP contribution >= 0.6 is 0 Å². The molecule has 112 valence electrons. The number of aryl methyl sites for hydroxylation is 1. The van der Waals surface area contributed by atoms with Gasteiger partial charge in [-0.1, -0.05) is 6.07 Å². The maximum atomic E-state index is 5.31. The lowest BCUT2D eigenvalue weighted by atomic mass is 10.1. The van der Waals surface area contributed by atoms with Gasteiger partial charge in [-0.25, -0.2) is 0 Å². The standard InChI is InChI=1S/C17H22N2O2/c1-13-6-8-18-11-15(13)12-19-9-7-14-4-5-16(20-2)17(10-14)21-3/h4-6,8,10-11,19H,7,9,12H2,1-3H3. The molecule has 2 aromatic rings. The van der Waals surface area contributed by atoms with E-state index in [2.05, 4.69) is 23.3 Å². The van der Waals surface area contributed by atoms with Crippen molar-refractivity contribution in [2.24, 2.45) is 0 Å². The Morgan fingerprint density at radius 2 is 1.90 bits per heavy atom. The second kappa shape index (κ2) is 7.64. The maximum absolute atomic E-state index is 5.31. The number of ether oxygens (including phenoxy) is 2. The van der Waals surface area contributed by atoms with E-state index in [1.54, 1.807) is 14.2 Å². The smallest absolute Gasteiger partial charge is 0.160 e. The second-order valence-electron chi connectivity index (χ2n) is 4.92. The van der Waals surface area contributed by atoms with Crippen LogP contribution in [0.25, 0.3) is 0 Å². The van der Waals surface area contributed by atoms with Crippen molar-refractivity contribution >= 4 is 0 Å². The third-order valence-electron chi connectivity index (χ3n) is 3.50. The highest BCUT2D eigenvalue weighted by molar-refractivity contribution is 5.42. The van der Waals surface area contributed by atoms with Crippen molar-refractivity contribution < 1.29 is 9.47 Å². The minimum absolute atomic E-state index is 0.764. The van der Waals surface area contributed by atoms with Gasteiger partial charge in [0, 0.05) is 18.9 Å². The lowest BCUT2D eigenvalue weighted by molar-refractivity contribution is 0.354. The molecule has 1 N–H and O–H groups in total. The second-order valence-corrected chi connectivity index (χ2v) is 4.92. The fourth-order valence-electron chi connectivity index (χ4n) is 2.17. The van der Waals surface area contributed by atoms with Gasteiger partial charge in [0.2, 0.25) is 0 Å². The molecule has 2 rings (SSSR count). The highest BCUT2D eigenvalue weighted by Gasteiger charge is 2.04. The first kappa shape index (κ1) is 15.3. The Balaban J connectivity index is 1.85. The number of nitrogens with zero attached hydrogens (tertiary/aromatic N) is 1. The first-order valence-corrected chi connectivity index (χ1v) is 7.05. The molecule has 0 bridgehead atoms. The monoisotopic (exact) mass is 286 g/mol. The van der Waals surface area contributed by atoms with Crippen LogP contribution in [0.3, 0.4) is 0 Å². The summed E-state index contributed by atoms with van der Waals surface area (Å²) < 4.78 is 10.6. The zero-order valence-electron chi connectivity index (χ0n) is 12.8. The summed E-state index contributed by atoms with van der Waals surface area (Å²) in [5.41, 5.74) is 3.73. The highest BCUT2D eigenvalue weighted by Crippen LogP contribution is 2.27. The van der Waals surface area contributed by atoms with Crippen LogP contribution in [0.15, 0.2) is 36.7 Å². The van der Waals surface area contributed by atoms with Gasteiger partial charge in [0.25, 0.3) is 0 Å². The van der Waals surface area contributed by atoms with Gasteiger partial charge in [-0.3, -0.25) is 4.98 Å². The Hall–Kier alpha value is -2.07. The summed E-state index contributed by atoms with van der Waals surface area (Å²) in [7, 11) is 3.31. The van der Waals surface area contributed by atoms with E-state index in [0.717, 1.165) is 31.0 Å². The molecule has 0 saturated heterocycles. The SMILES string of the molecule is COc1ccc(CCNCc2cnccc2C)cc1OC. The van der Waals surface area contributed by atoms with Gasteiger partial charge < -0.3 is 14.8 Å². The van der Waals surface area contributed by atoms with Crippen LogP contribution in [0, 0.1) is 6.92 Å². The zero-order chi connectivity index (χ0) is 15.1. The van der Waals surface area contributed by atoms with Crippen molar-refractivity contribution in [2.75, 3.05) is 20.8 Å². The van der Waals surface area contributed by atoms with Crippen LogP contribution < -0.4 is 14.8 Å². The van der Waals surface area contributed by atoms with Crippen LogP contribution in [0.5, 0.6) is 11.5 Å². The summed E-state index contributed by atoms with van der Waals surface area (Å²) in [5.74, 6) is 1.54. The third-order valence-corrected chi connectivity index (χ3v) is 3.50. The molecule has 4 heteroatoms. The van der Waals surface area contributed by atoms with E-state index in [0.29, 0.717) is 0 Å². The summed E-state index contributed by atoms with van der Waals surface area (Å²) in [4.78, 5) is 4.15. The van der Waals surface area contributed by atoms with Gasteiger partial charge in [-0.15, -0.1) is 0 Å². The summed E-state index contributed by atoms with van der Waals surface area (Å²) in [6.07, 6.45) is 4.68. The molecular weight excluding hydrogens is 264 g/mol. The van der Waals surface area contributed by atoms with Gasteiger partial charge in [-0.2, -0.15) is 0 Å². The summed E-state index contributed by atoms with van der Waals surface area (Å²) in [5, 5.41) is 3.45. The molecule has 1 heterocycles. The molecule has 0 fully saturated rings. The molecule has 0 spiro atoms.